The quantitative estimate of drug-likeness (QED) is 0.654. The number of anilines is 1. The molecule has 1 saturated heterocycles. The lowest BCUT2D eigenvalue weighted by Crippen LogP contribution is -2.10. The highest BCUT2D eigenvalue weighted by atomic mass is 16.4. The maximum atomic E-state index is 10.7. The Balaban J connectivity index is 2.28. The molecule has 2 rings (SSSR count). The maximum Gasteiger partial charge on any atom is 0.356 e. The van der Waals surface area contributed by atoms with E-state index in [2.05, 4.69) is 10.3 Å². The van der Waals surface area contributed by atoms with Crippen molar-refractivity contribution in [2.75, 3.05) is 18.8 Å². The number of aromatic carboxylic acids is 1. The summed E-state index contributed by atoms with van der Waals surface area (Å²) in [4.78, 5) is 14.6. The normalized spacial score (nSPS) is 20.4. The van der Waals surface area contributed by atoms with Gasteiger partial charge in [-0.1, -0.05) is 0 Å². The van der Waals surface area contributed by atoms with Crippen LogP contribution in [-0.2, 0) is 0 Å². The zero-order valence-corrected chi connectivity index (χ0v) is 8.23. The lowest BCUT2D eigenvalue weighted by Gasteiger charge is -2.09. The molecule has 0 amide bonds. The molecule has 0 aromatic carbocycles. The summed E-state index contributed by atoms with van der Waals surface area (Å²) in [7, 11) is 0. The Morgan fingerprint density at radius 3 is 3.00 bits per heavy atom. The number of carboxylic acids is 1. The van der Waals surface area contributed by atoms with E-state index in [0.717, 1.165) is 25.1 Å². The number of nitrogens with two attached hydrogens (primary N) is 1. The monoisotopic (exact) mass is 207 g/mol. The number of hydrogen-bond donors (Lipinski definition) is 3. The van der Waals surface area contributed by atoms with E-state index in [1.54, 1.807) is 12.3 Å². The van der Waals surface area contributed by atoms with E-state index < -0.39 is 5.97 Å². The largest absolute Gasteiger partial charge is 0.476 e. The average Bonchev–Trinajstić information content (AvgIpc) is 2.69. The summed E-state index contributed by atoms with van der Waals surface area (Å²) in [6, 6.07) is 1.72. The van der Waals surface area contributed by atoms with Crippen LogP contribution < -0.4 is 11.1 Å². The van der Waals surface area contributed by atoms with E-state index in [1.807, 2.05) is 0 Å². The molecule has 1 fully saturated rings. The Morgan fingerprint density at radius 2 is 2.47 bits per heavy atom. The predicted octanol–water partition coefficient (Wildman–Crippen LogP) is 0.439. The van der Waals surface area contributed by atoms with Gasteiger partial charge in [-0.05, 0) is 30.5 Å². The number of nitrogens with one attached hydrogen (secondary N) is 1. The Bertz CT molecular complexity index is 386. The van der Waals surface area contributed by atoms with E-state index in [4.69, 9.17) is 10.8 Å². The summed E-state index contributed by atoms with van der Waals surface area (Å²) in [6.45, 7) is 1.90. The van der Waals surface area contributed by atoms with Crippen LogP contribution in [0.15, 0.2) is 12.3 Å². The number of aromatic nitrogens is 1. The summed E-state index contributed by atoms with van der Waals surface area (Å²) in [6.07, 6.45) is 2.66. The van der Waals surface area contributed by atoms with Crippen LogP contribution in [0.1, 0.15) is 28.4 Å². The van der Waals surface area contributed by atoms with Crippen LogP contribution in [-0.4, -0.2) is 29.1 Å². The molecule has 1 aliphatic rings. The number of hydrogen-bond acceptors (Lipinski definition) is 4. The van der Waals surface area contributed by atoms with Crippen LogP contribution in [0.4, 0.5) is 5.69 Å². The van der Waals surface area contributed by atoms with Gasteiger partial charge in [0.25, 0.3) is 0 Å². The standard InChI is InChI=1S/C10H13N3O2/c11-8-3-7(6-1-2-12-4-6)5-13-9(8)10(14)15/h3,5-6,12H,1-2,4,11H2,(H,14,15). The predicted molar refractivity (Wildman–Crippen MR) is 55.8 cm³/mol. The number of carbonyl (C=O) groups is 1. The van der Waals surface area contributed by atoms with Crippen LogP contribution >= 0.6 is 0 Å². The smallest absolute Gasteiger partial charge is 0.356 e. The molecule has 0 spiro atoms. The van der Waals surface area contributed by atoms with Crippen molar-refractivity contribution in [3.05, 3.63) is 23.5 Å². The molecular formula is C10H13N3O2. The highest BCUT2D eigenvalue weighted by Crippen LogP contribution is 2.24. The van der Waals surface area contributed by atoms with E-state index in [-0.39, 0.29) is 11.4 Å². The van der Waals surface area contributed by atoms with Crippen molar-refractivity contribution in [1.29, 1.82) is 0 Å². The Kier molecular flexibility index (Phi) is 2.55. The van der Waals surface area contributed by atoms with Gasteiger partial charge >= 0.3 is 5.97 Å². The fourth-order valence-corrected chi connectivity index (χ4v) is 1.84. The van der Waals surface area contributed by atoms with Crippen molar-refractivity contribution in [1.82, 2.24) is 10.3 Å². The van der Waals surface area contributed by atoms with E-state index in [1.165, 1.54) is 0 Å². The first-order valence-corrected chi connectivity index (χ1v) is 4.88. The molecular weight excluding hydrogens is 194 g/mol. The van der Waals surface area contributed by atoms with Crippen LogP contribution in [0, 0.1) is 0 Å². The highest BCUT2D eigenvalue weighted by Gasteiger charge is 2.19. The molecule has 80 valence electrons. The lowest BCUT2D eigenvalue weighted by atomic mass is 9.99. The van der Waals surface area contributed by atoms with E-state index >= 15 is 0 Å². The van der Waals surface area contributed by atoms with E-state index in [0.29, 0.717) is 5.92 Å². The van der Waals surface area contributed by atoms with Gasteiger partial charge in [0.05, 0.1) is 5.69 Å². The average molecular weight is 207 g/mol. The first-order chi connectivity index (χ1) is 7.18. The molecule has 1 unspecified atom stereocenters. The molecule has 0 bridgehead atoms. The Labute approximate surface area is 87.3 Å². The van der Waals surface area contributed by atoms with Gasteiger partial charge in [-0.15, -0.1) is 0 Å². The van der Waals surface area contributed by atoms with Crippen LogP contribution in [0.25, 0.3) is 0 Å². The van der Waals surface area contributed by atoms with Gasteiger partial charge in [-0.25, -0.2) is 9.78 Å². The van der Waals surface area contributed by atoms with Crippen LogP contribution in [0.3, 0.4) is 0 Å². The van der Waals surface area contributed by atoms with Crippen molar-refractivity contribution in [3.8, 4) is 0 Å². The molecule has 0 radical (unpaired) electrons. The van der Waals surface area contributed by atoms with E-state index in [9.17, 15) is 4.79 Å². The third-order valence-electron chi connectivity index (χ3n) is 2.67. The summed E-state index contributed by atoms with van der Waals surface area (Å²) in [5.41, 5.74) is 6.82. The number of pyridine rings is 1. The number of rotatable bonds is 2. The lowest BCUT2D eigenvalue weighted by molar-refractivity contribution is 0.0692. The first-order valence-electron chi connectivity index (χ1n) is 4.88. The van der Waals surface area contributed by atoms with Crippen molar-refractivity contribution in [2.45, 2.75) is 12.3 Å². The minimum absolute atomic E-state index is 0.0651. The van der Waals surface area contributed by atoms with Gasteiger partial charge < -0.3 is 16.2 Å². The minimum atomic E-state index is -1.08. The third-order valence-corrected chi connectivity index (χ3v) is 2.67. The molecule has 0 aliphatic carbocycles. The molecule has 2 heterocycles. The molecule has 15 heavy (non-hydrogen) atoms. The molecule has 4 N–H and O–H groups in total. The van der Waals surface area contributed by atoms with Crippen molar-refractivity contribution in [3.63, 3.8) is 0 Å². The van der Waals surface area contributed by atoms with Gasteiger partial charge in [0.2, 0.25) is 0 Å². The highest BCUT2D eigenvalue weighted by molar-refractivity contribution is 5.91. The summed E-state index contributed by atoms with van der Waals surface area (Å²) in [5.74, 6) is -0.675. The summed E-state index contributed by atoms with van der Waals surface area (Å²) in [5, 5.41) is 12.0. The zero-order chi connectivity index (χ0) is 10.8. The Morgan fingerprint density at radius 1 is 1.67 bits per heavy atom. The summed E-state index contributed by atoms with van der Waals surface area (Å²) >= 11 is 0. The molecule has 0 saturated carbocycles. The van der Waals surface area contributed by atoms with Gasteiger partial charge in [0.1, 0.15) is 0 Å². The molecule has 1 aromatic rings. The molecule has 1 aromatic heterocycles. The first kappa shape index (κ1) is 9.92. The minimum Gasteiger partial charge on any atom is -0.476 e. The summed E-state index contributed by atoms with van der Waals surface area (Å²) < 4.78 is 0. The van der Waals surface area contributed by atoms with Gasteiger partial charge in [0.15, 0.2) is 5.69 Å². The topological polar surface area (TPSA) is 88.2 Å². The number of nitrogen functional groups attached to an aromatic ring is 1. The molecule has 1 atom stereocenters. The SMILES string of the molecule is Nc1cc(C2CCNC2)cnc1C(=O)O. The number of nitrogens with zero attached hydrogens (tertiary/aromatic N) is 1. The van der Waals surface area contributed by atoms with Gasteiger partial charge in [0, 0.05) is 12.7 Å². The van der Waals surface area contributed by atoms with Crippen molar-refractivity contribution >= 4 is 11.7 Å². The van der Waals surface area contributed by atoms with Gasteiger partial charge in [-0.3, -0.25) is 0 Å². The second kappa shape index (κ2) is 3.86. The van der Waals surface area contributed by atoms with Gasteiger partial charge in [-0.2, -0.15) is 0 Å². The fourth-order valence-electron chi connectivity index (χ4n) is 1.84. The zero-order valence-electron chi connectivity index (χ0n) is 8.23. The van der Waals surface area contributed by atoms with Crippen LogP contribution in [0.5, 0.6) is 0 Å². The van der Waals surface area contributed by atoms with Crippen molar-refractivity contribution < 1.29 is 9.90 Å². The third kappa shape index (κ3) is 1.92. The van der Waals surface area contributed by atoms with Crippen LogP contribution in [0.2, 0.25) is 0 Å². The maximum absolute atomic E-state index is 10.7. The van der Waals surface area contributed by atoms with Crippen molar-refractivity contribution in [2.24, 2.45) is 0 Å². The number of carboxylic acid groups (broad SMARTS) is 1. The molecule has 5 heteroatoms. The Hall–Kier alpha value is -1.62. The second-order valence-corrected chi connectivity index (χ2v) is 3.70. The second-order valence-electron chi connectivity index (χ2n) is 3.70. The molecule has 5 nitrogen and oxygen atoms in total. The molecule has 1 aliphatic heterocycles. The fraction of sp³-hybridized carbons (Fsp3) is 0.400.